The lowest BCUT2D eigenvalue weighted by atomic mass is 9.85. The second-order valence-electron chi connectivity index (χ2n) is 7.39. The number of aryl methyl sites for hydroxylation is 1. The van der Waals surface area contributed by atoms with Crippen molar-refractivity contribution in [3.8, 4) is 11.1 Å². The number of nitrogens with one attached hydrogen (secondary N) is 1. The first-order valence-electron chi connectivity index (χ1n) is 9.43. The fraction of sp³-hybridized carbons (Fsp3) is 0.409. The van der Waals surface area contributed by atoms with Gasteiger partial charge in [0.15, 0.2) is 0 Å². The molecule has 0 aromatic heterocycles. The molecule has 3 heteroatoms. The highest BCUT2D eigenvalue weighted by molar-refractivity contribution is 5.89. The van der Waals surface area contributed by atoms with Crippen molar-refractivity contribution in [2.75, 3.05) is 18.4 Å². The third kappa shape index (κ3) is 3.62. The van der Waals surface area contributed by atoms with Crippen LogP contribution in [0.1, 0.15) is 37.3 Å². The predicted octanol–water partition coefficient (Wildman–Crippen LogP) is 4.27. The van der Waals surface area contributed by atoms with E-state index in [2.05, 4.69) is 40.5 Å². The Kier molecular flexibility index (Phi) is 4.58. The van der Waals surface area contributed by atoms with Crippen LogP contribution >= 0.6 is 0 Å². The number of amides is 1. The number of hydrogen-bond donors (Lipinski definition) is 1. The number of fused-ring (bicyclic) bond motifs is 1. The van der Waals surface area contributed by atoms with Crippen molar-refractivity contribution >= 4 is 11.6 Å². The van der Waals surface area contributed by atoms with E-state index in [1.807, 2.05) is 12.1 Å². The molecule has 1 saturated heterocycles. The zero-order chi connectivity index (χ0) is 17.2. The van der Waals surface area contributed by atoms with Crippen LogP contribution in [0.3, 0.4) is 0 Å². The normalized spacial score (nSPS) is 20.3. The lowest BCUT2D eigenvalue weighted by Crippen LogP contribution is -2.37. The average molecular weight is 334 g/mol. The van der Waals surface area contributed by atoms with Gasteiger partial charge < -0.3 is 10.2 Å². The Morgan fingerprint density at radius 2 is 1.84 bits per heavy atom. The molecule has 1 heterocycles. The first-order chi connectivity index (χ1) is 12.2. The van der Waals surface area contributed by atoms with E-state index in [4.69, 9.17) is 0 Å². The maximum absolute atomic E-state index is 11.3. The van der Waals surface area contributed by atoms with Crippen molar-refractivity contribution < 1.29 is 4.79 Å². The Labute approximate surface area is 150 Å². The molecular formula is C22H26N2O. The molecule has 1 atom stereocenters. The maximum Gasteiger partial charge on any atom is 0.221 e. The first kappa shape index (κ1) is 16.3. The lowest BCUT2D eigenvalue weighted by molar-refractivity contribution is -0.114. The van der Waals surface area contributed by atoms with E-state index >= 15 is 0 Å². The standard InChI is InChI=1S/C22H26N2O/c1-16(25)23-21-6-4-5-17(14-21)18-7-8-20-15-22(10-9-19(20)13-18)24-11-2-3-12-24/h4-8,13-14,22H,2-3,9-12,15H2,1H3,(H,23,25). The minimum absolute atomic E-state index is 0.0319. The summed E-state index contributed by atoms with van der Waals surface area (Å²) in [5.41, 5.74) is 6.28. The zero-order valence-corrected chi connectivity index (χ0v) is 14.9. The Balaban J connectivity index is 1.55. The van der Waals surface area contributed by atoms with Crippen LogP contribution < -0.4 is 5.32 Å². The highest BCUT2D eigenvalue weighted by Gasteiger charge is 2.26. The first-order valence-corrected chi connectivity index (χ1v) is 9.43. The number of hydrogen-bond acceptors (Lipinski definition) is 2. The van der Waals surface area contributed by atoms with Crippen LogP contribution in [0, 0.1) is 0 Å². The largest absolute Gasteiger partial charge is 0.326 e. The third-order valence-electron chi connectivity index (χ3n) is 5.58. The molecule has 0 bridgehead atoms. The molecule has 2 aromatic carbocycles. The van der Waals surface area contributed by atoms with E-state index < -0.39 is 0 Å². The molecule has 2 aliphatic rings. The van der Waals surface area contributed by atoms with Crippen LogP contribution in [-0.4, -0.2) is 29.9 Å². The van der Waals surface area contributed by atoms with Crippen molar-refractivity contribution in [3.05, 3.63) is 53.6 Å². The second-order valence-corrected chi connectivity index (χ2v) is 7.39. The van der Waals surface area contributed by atoms with E-state index in [0.29, 0.717) is 0 Å². The summed E-state index contributed by atoms with van der Waals surface area (Å²) < 4.78 is 0. The molecule has 0 radical (unpaired) electrons. The number of rotatable bonds is 3. The summed E-state index contributed by atoms with van der Waals surface area (Å²) >= 11 is 0. The van der Waals surface area contributed by atoms with Crippen molar-refractivity contribution in [1.29, 1.82) is 0 Å². The molecule has 1 aliphatic heterocycles. The van der Waals surface area contributed by atoms with E-state index in [-0.39, 0.29) is 5.91 Å². The van der Waals surface area contributed by atoms with E-state index in [9.17, 15) is 4.79 Å². The Morgan fingerprint density at radius 1 is 1.04 bits per heavy atom. The van der Waals surface area contributed by atoms with Crippen molar-refractivity contribution in [2.24, 2.45) is 0 Å². The van der Waals surface area contributed by atoms with E-state index in [1.165, 1.54) is 61.9 Å². The number of anilines is 1. The van der Waals surface area contributed by atoms with Crippen LogP contribution in [0.2, 0.25) is 0 Å². The topological polar surface area (TPSA) is 32.3 Å². The van der Waals surface area contributed by atoms with Crippen LogP contribution in [0.15, 0.2) is 42.5 Å². The summed E-state index contributed by atoms with van der Waals surface area (Å²) in [6.07, 6.45) is 6.39. The van der Waals surface area contributed by atoms with E-state index in [1.54, 1.807) is 6.92 Å². The van der Waals surface area contributed by atoms with Crippen molar-refractivity contribution in [1.82, 2.24) is 4.90 Å². The van der Waals surface area contributed by atoms with Gasteiger partial charge in [-0.05, 0) is 79.6 Å². The third-order valence-corrected chi connectivity index (χ3v) is 5.58. The summed E-state index contributed by atoms with van der Waals surface area (Å²) in [7, 11) is 0. The molecule has 3 nitrogen and oxygen atoms in total. The van der Waals surface area contributed by atoms with Crippen LogP contribution in [0.5, 0.6) is 0 Å². The summed E-state index contributed by atoms with van der Waals surface area (Å²) in [6, 6.07) is 15.7. The number of carbonyl (C=O) groups is 1. The molecule has 130 valence electrons. The highest BCUT2D eigenvalue weighted by atomic mass is 16.1. The van der Waals surface area contributed by atoms with Crippen molar-refractivity contribution in [2.45, 2.75) is 45.1 Å². The van der Waals surface area contributed by atoms with Crippen LogP contribution in [-0.2, 0) is 17.6 Å². The molecule has 1 unspecified atom stereocenters. The Morgan fingerprint density at radius 3 is 2.64 bits per heavy atom. The fourth-order valence-corrected chi connectivity index (χ4v) is 4.31. The molecule has 1 N–H and O–H groups in total. The highest BCUT2D eigenvalue weighted by Crippen LogP contribution is 2.31. The van der Waals surface area contributed by atoms with Gasteiger partial charge in [-0.1, -0.05) is 30.3 Å². The van der Waals surface area contributed by atoms with Gasteiger partial charge >= 0.3 is 0 Å². The molecule has 1 aliphatic carbocycles. The van der Waals surface area contributed by atoms with Gasteiger partial charge in [0.1, 0.15) is 0 Å². The maximum atomic E-state index is 11.3. The SMILES string of the molecule is CC(=O)Nc1cccc(-c2ccc3c(c2)CCC(N2CCCC2)C3)c1. The van der Waals surface area contributed by atoms with Crippen LogP contribution in [0.25, 0.3) is 11.1 Å². The fourth-order valence-electron chi connectivity index (χ4n) is 4.31. The smallest absolute Gasteiger partial charge is 0.221 e. The quantitative estimate of drug-likeness (QED) is 0.909. The molecule has 2 aromatic rings. The second kappa shape index (κ2) is 7.01. The van der Waals surface area contributed by atoms with Gasteiger partial charge in [0.25, 0.3) is 0 Å². The summed E-state index contributed by atoms with van der Waals surface area (Å²) in [5, 5.41) is 2.87. The molecule has 0 spiro atoms. The van der Waals surface area contributed by atoms with Gasteiger partial charge in [-0.25, -0.2) is 0 Å². The van der Waals surface area contributed by atoms with Gasteiger partial charge in [0.2, 0.25) is 5.91 Å². The predicted molar refractivity (Wildman–Crippen MR) is 103 cm³/mol. The van der Waals surface area contributed by atoms with Gasteiger partial charge in [-0.2, -0.15) is 0 Å². The van der Waals surface area contributed by atoms with Gasteiger partial charge in [-0.3, -0.25) is 4.79 Å². The molecule has 25 heavy (non-hydrogen) atoms. The molecule has 0 saturated carbocycles. The van der Waals surface area contributed by atoms with Crippen molar-refractivity contribution in [3.63, 3.8) is 0 Å². The summed E-state index contributed by atoms with van der Waals surface area (Å²) in [4.78, 5) is 14.0. The minimum atomic E-state index is -0.0319. The zero-order valence-electron chi connectivity index (χ0n) is 14.9. The van der Waals surface area contributed by atoms with Crippen LogP contribution in [0.4, 0.5) is 5.69 Å². The number of carbonyl (C=O) groups excluding carboxylic acids is 1. The Bertz CT molecular complexity index is 777. The summed E-state index contributed by atoms with van der Waals surface area (Å²) in [5.74, 6) is -0.0319. The molecule has 1 amide bonds. The van der Waals surface area contributed by atoms with Gasteiger partial charge in [-0.15, -0.1) is 0 Å². The average Bonchev–Trinajstić information content (AvgIpc) is 3.15. The lowest BCUT2D eigenvalue weighted by Gasteiger charge is -2.32. The molecule has 4 rings (SSSR count). The number of benzene rings is 2. The van der Waals surface area contributed by atoms with Gasteiger partial charge in [0, 0.05) is 18.7 Å². The van der Waals surface area contributed by atoms with E-state index in [0.717, 1.165) is 17.3 Å². The molecular weight excluding hydrogens is 308 g/mol. The Hall–Kier alpha value is -2.13. The minimum Gasteiger partial charge on any atom is -0.326 e. The number of nitrogens with zero attached hydrogens (tertiary/aromatic N) is 1. The molecule has 1 fully saturated rings. The monoisotopic (exact) mass is 334 g/mol. The van der Waals surface area contributed by atoms with Gasteiger partial charge in [0.05, 0.1) is 0 Å². The number of likely N-dealkylation sites (tertiary alicyclic amines) is 1. The summed E-state index contributed by atoms with van der Waals surface area (Å²) in [6.45, 7) is 4.12.